The van der Waals surface area contributed by atoms with Crippen LogP contribution in [-0.2, 0) is 12.8 Å². The number of aromatic amines is 1. The highest BCUT2D eigenvalue weighted by Crippen LogP contribution is 2.30. The molecule has 1 aliphatic rings. The van der Waals surface area contributed by atoms with Crippen molar-refractivity contribution in [2.24, 2.45) is 0 Å². The van der Waals surface area contributed by atoms with Gasteiger partial charge in [-0.25, -0.2) is 0 Å². The zero-order valence-electron chi connectivity index (χ0n) is 9.03. The van der Waals surface area contributed by atoms with E-state index in [4.69, 9.17) is 0 Å². The number of hydrogen-bond acceptors (Lipinski definition) is 1. The molecular formula is C12H16BrNO. The van der Waals surface area contributed by atoms with E-state index in [0.29, 0.717) is 12.2 Å². The molecule has 0 radical (unpaired) electrons. The highest BCUT2D eigenvalue weighted by Gasteiger charge is 2.23. The number of rotatable bonds is 2. The number of aromatic nitrogens is 1. The predicted octanol–water partition coefficient (Wildman–Crippen LogP) is 3.64. The fourth-order valence-electron chi connectivity index (χ4n) is 2.28. The fraction of sp³-hybridized carbons (Fsp3) is 0.583. The maximum Gasteiger partial charge on any atom is 0.164 e. The molecule has 0 saturated carbocycles. The first-order chi connectivity index (χ1) is 7.24. The molecule has 0 unspecified atom stereocenters. The molecular weight excluding hydrogens is 254 g/mol. The van der Waals surface area contributed by atoms with Crippen LogP contribution in [0.5, 0.6) is 0 Å². The summed E-state index contributed by atoms with van der Waals surface area (Å²) in [5.74, 6) is 0.327. The van der Waals surface area contributed by atoms with Crippen LogP contribution in [0.4, 0.5) is 0 Å². The van der Waals surface area contributed by atoms with Gasteiger partial charge in [-0.1, -0.05) is 13.3 Å². The topological polar surface area (TPSA) is 32.9 Å². The summed E-state index contributed by atoms with van der Waals surface area (Å²) in [4.78, 5) is 15.3. The molecule has 0 aliphatic heterocycles. The van der Waals surface area contributed by atoms with Crippen molar-refractivity contribution in [2.75, 3.05) is 0 Å². The minimum atomic E-state index is 0.327. The van der Waals surface area contributed by atoms with Gasteiger partial charge in [0.2, 0.25) is 0 Å². The van der Waals surface area contributed by atoms with Crippen LogP contribution in [0.3, 0.4) is 0 Å². The van der Waals surface area contributed by atoms with E-state index in [0.717, 1.165) is 48.0 Å². The van der Waals surface area contributed by atoms with Crippen LogP contribution >= 0.6 is 15.9 Å². The van der Waals surface area contributed by atoms with Gasteiger partial charge in [0, 0.05) is 17.7 Å². The summed E-state index contributed by atoms with van der Waals surface area (Å²) in [5, 5.41) is 0. The molecule has 1 N–H and O–H groups in total. The average molecular weight is 270 g/mol. The van der Waals surface area contributed by atoms with Gasteiger partial charge in [0.25, 0.3) is 0 Å². The van der Waals surface area contributed by atoms with Crippen molar-refractivity contribution in [3.8, 4) is 0 Å². The number of Topliss-reactive ketones (excluding diaryl/α,β-unsaturated/α-hetero) is 1. The number of fused-ring (bicyclic) bond motifs is 1. The van der Waals surface area contributed by atoms with E-state index in [9.17, 15) is 4.79 Å². The summed E-state index contributed by atoms with van der Waals surface area (Å²) >= 11 is 3.53. The molecule has 1 aromatic rings. The third kappa shape index (κ3) is 2.03. The maximum absolute atomic E-state index is 12.0. The Balaban J connectivity index is 2.46. The summed E-state index contributed by atoms with van der Waals surface area (Å²) in [6.07, 6.45) is 5.95. The Labute approximate surface area is 98.6 Å². The molecule has 0 saturated heterocycles. The van der Waals surface area contributed by atoms with Gasteiger partial charge in [-0.05, 0) is 47.2 Å². The van der Waals surface area contributed by atoms with E-state index in [2.05, 4.69) is 27.8 Å². The largest absolute Gasteiger partial charge is 0.352 e. The fourth-order valence-corrected chi connectivity index (χ4v) is 2.92. The van der Waals surface area contributed by atoms with Crippen molar-refractivity contribution >= 4 is 21.7 Å². The van der Waals surface area contributed by atoms with Crippen LogP contribution in [0, 0.1) is 0 Å². The van der Waals surface area contributed by atoms with Crippen molar-refractivity contribution in [1.82, 2.24) is 4.98 Å². The van der Waals surface area contributed by atoms with E-state index in [1.54, 1.807) is 0 Å². The highest BCUT2D eigenvalue weighted by atomic mass is 79.9. The van der Waals surface area contributed by atoms with E-state index >= 15 is 0 Å². The van der Waals surface area contributed by atoms with Gasteiger partial charge < -0.3 is 4.98 Å². The maximum atomic E-state index is 12.0. The molecule has 2 nitrogen and oxygen atoms in total. The third-order valence-electron chi connectivity index (χ3n) is 2.99. The molecule has 0 bridgehead atoms. The number of carbonyl (C=O) groups excluding carboxylic acids is 1. The minimum absolute atomic E-state index is 0.327. The van der Waals surface area contributed by atoms with Crippen molar-refractivity contribution in [1.29, 1.82) is 0 Å². The summed E-state index contributed by atoms with van der Waals surface area (Å²) in [6, 6.07) is 0. The first kappa shape index (κ1) is 10.9. The number of halogens is 1. The van der Waals surface area contributed by atoms with Crippen molar-refractivity contribution < 1.29 is 4.79 Å². The molecule has 15 heavy (non-hydrogen) atoms. The van der Waals surface area contributed by atoms with Crippen LogP contribution < -0.4 is 0 Å². The van der Waals surface area contributed by atoms with Crippen molar-refractivity contribution in [3.63, 3.8) is 0 Å². The Morgan fingerprint density at radius 1 is 1.33 bits per heavy atom. The molecule has 82 valence electrons. The highest BCUT2D eigenvalue weighted by molar-refractivity contribution is 9.10. The number of hydrogen-bond donors (Lipinski definition) is 1. The Morgan fingerprint density at radius 2 is 2.07 bits per heavy atom. The van der Waals surface area contributed by atoms with Gasteiger partial charge in [0.05, 0.1) is 4.60 Å². The SMILES string of the molecule is CCCc1[nH]c(Br)c2c1C(=O)CCCC2. The molecule has 1 heterocycles. The zero-order chi connectivity index (χ0) is 10.8. The molecule has 0 fully saturated rings. The Bertz CT molecular complexity index is 381. The summed E-state index contributed by atoms with van der Waals surface area (Å²) in [6.45, 7) is 2.14. The van der Waals surface area contributed by atoms with Crippen LogP contribution in [0.25, 0.3) is 0 Å². The Hall–Kier alpha value is -0.570. The quantitative estimate of drug-likeness (QED) is 0.818. The lowest BCUT2D eigenvalue weighted by molar-refractivity contribution is 0.0981. The monoisotopic (exact) mass is 269 g/mol. The molecule has 3 heteroatoms. The van der Waals surface area contributed by atoms with Gasteiger partial charge in [0.15, 0.2) is 5.78 Å². The van der Waals surface area contributed by atoms with E-state index < -0.39 is 0 Å². The normalized spacial score (nSPS) is 16.3. The second kappa shape index (κ2) is 4.52. The summed E-state index contributed by atoms with van der Waals surface area (Å²) in [5.41, 5.74) is 3.33. The second-order valence-electron chi connectivity index (χ2n) is 4.15. The lowest BCUT2D eigenvalue weighted by Crippen LogP contribution is -2.02. The Kier molecular flexibility index (Phi) is 3.29. The number of nitrogens with one attached hydrogen (secondary N) is 1. The first-order valence-electron chi connectivity index (χ1n) is 5.66. The van der Waals surface area contributed by atoms with Crippen molar-refractivity contribution in [2.45, 2.75) is 45.4 Å². The average Bonchev–Trinajstić information content (AvgIpc) is 2.40. The van der Waals surface area contributed by atoms with Gasteiger partial charge >= 0.3 is 0 Å². The van der Waals surface area contributed by atoms with Gasteiger partial charge in [-0.15, -0.1) is 0 Å². The summed E-state index contributed by atoms with van der Waals surface area (Å²) in [7, 11) is 0. The molecule has 1 aliphatic carbocycles. The Morgan fingerprint density at radius 3 is 2.80 bits per heavy atom. The third-order valence-corrected chi connectivity index (χ3v) is 3.67. The van der Waals surface area contributed by atoms with Crippen LogP contribution in [0.1, 0.15) is 54.2 Å². The number of H-pyrrole nitrogens is 1. The van der Waals surface area contributed by atoms with Gasteiger partial charge in [0.1, 0.15) is 0 Å². The van der Waals surface area contributed by atoms with Gasteiger partial charge in [-0.3, -0.25) is 4.79 Å². The van der Waals surface area contributed by atoms with Gasteiger partial charge in [-0.2, -0.15) is 0 Å². The standard InChI is InChI=1S/C12H16BrNO/c1-2-5-9-11-8(12(13)14-9)6-3-4-7-10(11)15/h14H,2-7H2,1H3. The molecule has 0 aromatic carbocycles. The molecule has 2 rings (SSSR count). The van der Waals surface area contributed by atoms with Crippen LogP contribution in [-0.4, -0.2) is 10.8 Å². The smallest absolute Gasteiger partial charge is 0.164 e. The number of ketones is 1. The molecule has 0 amide bonds. The zero-order valence-corrected chi connectivity index (χ0v) is 10.6. The van der Waals surface area contributed by atoms with E-state index in [-0.39, 0.29) is 0 Å². The second-order valence-corrected chi connectivity index (χ2v) is 4.94. The predicted molar refractivity (Wildman–Crippen MR) is 64.4 cm³/mol. The van der Waals surface area contributed by atoms with Crippen molar-refractivity contribution in [3.05, 3.63) is 21.4 Å². The molecule has 0 spiro atoms. The minimum Gasteiger partial charge on any atom is -0.352 e. The van der Waals surface area contributed by atoms with Crippen LogP contribution in [0.15, 0.2) is 4.60 Å². The summed E-state index contributed by atoms with van der Waals surface area (Å²) < 4.78 is 1.02. The van der Waals surface area contributed by atoms with E-state index in [1.807, 2.05) is 0 Å². The number of carbonyl (C=O) groups is 1. The molecule has 0 atom stereocenters. The first-order valence-corrected chi connectivity index (χ1v) is 6.45. The molecule has 1 aromatic heterocycles. The van der Waals surface area contributed by atoms with E-state index in [1.165, 1.54) is 5.56 Å². The number of aryl methyl sites for hydroxylation is 1. The lowest BCUT2D eigenvalue weighted by Gasteiger charge is -2.01. The lowest BCUT2D eigenvalue weighted by atomic mass is 10.0. The van der Waals surface area contributed by atoms with Crippen LogP contribution in [0.2, 0.25) is 0 Å².